The van der Waals surface area contributed by atoms with Crippen LogP contribution in [0.3, 0.4) is 0 Å². The van der Waals surface area contributed by atoms with E-state index in [1.807, 2.05) is 28.8 Å². The van der Waals surface area contributed by atoms with E-state index in [0.717, 1.165) is 56.3 Å². The smallest absolute Gasteiger partial charge is 0.191 e. The number of nitrogens with zero attached hydrogens (tertiary/aromatic N) is 4. The number of halogens is 1. The number of guanidine groups is 1. The Morgan fingerprint density at radius 1 is 1.25 bits per heavy atom. The molecule has 6 nitrogen and oxygen atoms in total. The molecule has 0 aromatic carbocycles. The number of hydrogen-bond donors (Lipinski definition) is 2. The lowest BCUT2D eigenvalue weighted by molar-refractivity contribution is 0.573. The Labute approximate surface area is 161 Å². The minimum Gasteiger partial charge on any atom is -0.357 e. The number of pyridine rings is 1. The van der Waals surface area contributed by atoms with E-state index in [4.69, 9.17) is 0 Å². The molecule has 0 spiro atoms. The van der Waals surface area contributed by atoms with Gasteiger partial charge in [-0.05, 0) is 37.8 Å². The molecule has 0 unspecified atom stereocenters. The monoisotopic (exact) mass is 444 g/mol. The summed E-state index contributed by atoms with van der Waals surface area (Å²) in [7, 11) is 0. The van der Waals surface area contributed by atoms with E-state index in [1.165, 1.54) is 0 Å². The maximum Gasteiger partial charge on any atom is 0.191 e. The highest BCUT2D eigenvalue weighted by atomic mass is 127. The van der Waals surface area contributed by atoms with E-state index in [2.05, 4.69) is 46.6 Å². The molecule has 24 heavy (non-hydrogen) atoms. The summed E-state index contributed by atoms with van der Waals surface area (Å²) in [5.74, 6) is 2.60. The van der Waals surface area contributed by atoms with Gasteiger partial charge in [0.25, 0.3) is 0 Å². The van der Waals surface area contributed by atoms with Crippen LogP contribution in [0.1, 0.15) is 39.4 Å². The van der Waals surface area contributed by atoms with Crippen molar-refractivity contribution < 1.29 is 0 Å². The maximum atomic E-state index is 4.63. The maximum absolute atomic E-state index is 4.63. The Morgan fingerprint density at radius 2 is 2.08 bits per heavy atom. The molecule has 2 N–H and O–H groups in total. The molecule has 134 valence electrons. The average molecular weight is 444 g/mol. The first-order valence-corrected chi connectivity index (χ1v) is 8.51. The molecule has 0 bridgehead atoms. The van der Waals surface area contributed by atoms with E-state index in [-0.39, 0.29) is 24.0 Å². The molecule has 0 amide bonds. The van der Waals surface area contributed by atoms with Crippen molar-refractivity contribution in [3.8, 4) is 0 Å². The molecule has 0 saturated heterocycles. The summed E-state index contributed by atoms with van der Waals surface area (Å²) in [4.78, 5) is 4.63. The van der Waals surface area contributed by atoms with E-state index in [0.29, 0.717) is 5.92 Å². The summed E-state index contributed by atoms with van der Waals surface area (Å²) in [6.07, 6.45) is 4.98. The Hall–Kier alpha value is -1.38. The van der Waals surface area contributed by atoms with Gasteiger partial charge >= 0.3 is 0 Å². The molecule has 7 heteroatoms. The van der Waals surface area contributed by atoms with Gasteiger partial charge in [0, 0.05) is 32.3 Å². The van der Waals surface area contributed by atoms with Gasteiger partial charge in [-0.2, -0.15) is 0 Å². The lowest BCUT2D eigenvalue weighted by Crippen LogP contribution is -2.38. The van der Waals surface area contributed by atoms with Crippen LogP contribution in [0.2, 0.25) is 0 Å². The number of rotatable bonds is 8. The predicted molar refractivity (Wildman–Crippen MR) is 110 cm³/mol. The lowest BCUT2D eigenvalue weighted by Gasteiger charge is -2.12. The van der Waals surface area contributed by atoms with Crippen LogP contribution in [0.5, 0.6) is 0 Å². The SMILES string of the molecule is CCNC(=NCCCc1nnc2ccccn12)NCCC(C)C.I. The van der Waals surface area contributed by atoms with E-state index < -0.39 is 0 Å². The molecule has 0 fully saturated rings. The minimum absolute atomic E-state index is 0. The van der Waals surface area contributed by atoms with Crippen LogP contribution < -0.4 is 10.6 Å². The topological polar surface area (TPSA) is 66.6 Å². The molecule has 2 heterocycles. The van der Waals surface area contributed by atoms with Crippen LogP contribution in [-0.4, -0.2) is 40.2 Å². The van der Waals surface area contributed by atoms with Gasteiger partial charge in [0.2, 0.25) is 0 Å². The Morgan fingerprint density at radius 3 is 2.83 bits per heavy atom. The number of aliphatic imine (C=N–C) groups is 1. The second-order valence-electron chi connectivity index (χ2n) is 6.02. The fourth-order valence-corrected chi connectivity index (χ4v) is 2.31. The first-order chi connectivity index (χ1) is 11.2. The van der Waals surface area contributed by atoms with Crippen molar-refractivity contribution in [2.75, 3.05) is 19.6 Å². The quantitative estimate of drug-likeness (QED) is 0.285. The molecule has 0 saturated carbocycles. The Balaban J connectivity index is 0.00000288. The van der Waals surface area contributed by atoms with Crippen molar-refractivity contribution in [2.24, 2.45) is 10.9 Å². The molecular formula is C17H29IN6. The highest BCUT2D eigenvalue weighted by molar-refractivity contribution is 14.0. The third kappa shape index (κ3) is 6.62. The summed E-state index contributed by atoms with van der Waals surface area (Å²) in [6.45, 7) is 9.16. The van der Waals surface area contributed by atoms with Crippen molar-refractivity contribution in [1.82, 2.24) is 25.2 Å². The van der Waals surface area contributed by atoms with Crippen LogP contribution in [0, 0.1) is 5.92 Å². The number of nitrogens with one attached hydrogen (secondary N) is 2. The standard InChI is InChI=1S/C17H28N6.HI/c1-4-18-17(20-12-10-14(2)3)19-11-7-9-16-22-21-15-8-5-6-13-23(15)16;/h5-6,8,13-14H,4,7,9-12H2,1-3H3,(H2,18,19,20);1H. The minimum atomic E-state index is 0. The summed E-state index contributed by atoms with van der Waals surface area (Å²) in [5.41, 5.74) is 0.898. The summed E-state index contributed by atoms with van der Waals surface area (Å²) in [5, 5.41) is 15.1. The van der Waals surface area contributed by atoms with Gasteiger partial charge in [-0.3, -0.25) is 9.39 Å². The van der Waals surface area contributed by atoms with Crippen LogP contribution in [0.15, 0.2) is 29.4 Å². The van der Waals surface area contributed by atoms with Crippen LogP contribution >= 0.6 is 24.0 Å². The summed E-state index contributed by atoms with van der Waals surface area (Å²) >= 11 is 0. The van der Waals surface area contributed by atoms with Gasteiger partial charge < -0.3 is 10.6 Å². The molecular weight excluding hydrogens is 415 g/mol. The molecule has 0 radical (unpaired) electrons. The molecule has 0 aliphatic carbocycles. The van der Waals surface area contributed by atoms with Gasteiger partial charge in [-0.15, -0.1) is 34.2 Å². The zero-order valence-corrected chi connectivity index (χ0v) is 17.2. The molecule has 0 aliphatic heterocycles. The van der Waals surface area contributed by atoms with Crippen LogP contribution in [0.4, 0.5) is 0 Å². The highest BCUT2D eigenvalue weighted by Gasteiger charge is 2.04. The normalized spacial score (nSPS) is 11.6. The average Bonchev–Trinajstić information content (AvgIpc) is 2.94. The number of aryl methyl sites for hydroxylation is 1. The van der Waals surface area contributed by atoms with Gasteiger partial charge in [-0.25, -0.2) is 0 Å². The fourth-order valence-electron chi connectivity index (χ4n) is 2.31. The lowest BCUT2D eigenvalue weighted by atomic mass is 10.1. The van der Waals surface area contributed by atoms with Gasteiger partial charge in [0.1, 0.15) is 5.82 Å². The fraction of sp³-hybridized carbons (Fsp3) is 0.588. The second-order valence-corrected chi connectivity index (χ2v) is 6.02. The molecule has 0 aliphatic rings. The van der Waals surface area contributed by atoms with Crippen molar-refractivity contribution in [3.63, 3.8) is 0 Å². The van der Waals surface area contributed by atoms with Crippen LogP contribution in [-0.2, 0) is 6.42 Å². The second kappa shape index (κ2) is 11.2. The first kappa shape index (κ1) is 20.7. The third-order valence-corrected chi connectivity index (χ3v) is 3.57. The van der Waals surface area contributed by atoms with Crippen molar-refractivity contribution in [2.45, 2.75) is 40.0 Å². The molecule has 0 atom stereocenters. The number of aromatic nitrogens is 3. The summed E-state index contributed by atoms with van der Waals surface area (Å²) in [6, 6.07) is 5.94. The van der Waals surface area contributed by atoms with Crippen molar-refractivity contribution in [3.05, 3.63) is 30.2 Å². The zero-order valence-electron chi connectivity index (χ0n) is 14.8. The van der Waals surface area contributed by atoms with E-state index >= 15 is 0 Å². The number of hydrogen-bond acceptors (Lipinski definition) is 3. The third-order valence-electron chi connectivity index (χ3n) is 3.57. The van der Waals surface area contributed by atoms with E-state index in [9.17, 15) is 0 Å². The summed E-state index contributed by atoms with van der Waals surface area (Å²) < 4.78 is 2.04. The van der Waals surface area contributed by atoms with Crippen molar-refractivity contribution in [1.29, 1.82) is 0 Å². The number of fused-ring (bicyclic) bond motifs is 1. The molecule has 2 aromatic heterocycles. The predicted octanol–water partition coefficient (Wildman–Crippen LogP) is 2.88. The van der Waals surface area contributed by atoms with Gasteiger partial charge in [0.05, 0.1) is 0 Å². The zero-order chi connectivity index (χ0) is 16.5. The Bertz CT molecular complexity index is 622. The molecule has 2 rings (SSSR count). The largest absolute Gasteiger partial charge is 0.357 e. The first-order valence-electron chi connectivity index (χ1n) is 8.51. The molecule has 2 aromatic rings. The van der Waals surface area contributed by atoms with Gasteiger partial charge in [-0.1, -0.05) is 19.9 Å². The highest BCUT2D eigenvalue weighted by Crippen LogP contribution is 2.05. The van der Waals surface area contributed by atoms with Crippen LogP contribution in [0.25, 0.3) is 5.65 Å². The van der Waals surface area contributed by atoms with E-state index in [1.54, 1.807) is 0 Å². The van der Waals surface area contributed by atoms with Crippen molar-refractivity contribution >= 4 is 35.6 Å². The van der Waals surface area contributed by atoms with Gasteiger partial charge in [0.15, 0.2) is 11.6 Å². The Kier molecular flexibility index (Phi) is 9.66.